The van der Waals surface area contributed by atoms with Gasteiger partial charge in [0.05, 0.1) is 14.2 Å². The van der Waals surface area contributed by atoms with E-state index in [4.69, 9.17) is 30.1 Å². The minimum Gasteiger partial charge on any atom is -0.496 e. The molecule has 12 heteroatoms. The number of aromatic nitrogens is 6. The van der Waals surface area contributed by atoms with Crippen LogP contribution in [0.2, 0.25) is 0 Å². The van der Waals surface area contributed by atoms with Crippen molar-refractivity contribution in [3.05, 3.63) is 247 Å². The Morgan fingerprint density at radius 2 is 0.786 bits per heavy atom. The average Bonchev–Trinajstić information content (AvgIpc) is 3.42. The first kappa shape index (κ1) is 49.2. The Labute approximate surface area is 482 Å². The predicted molar refractivity (Wildman–Crippen MR) is 322 cm³/mol. The number of carbonyl (C=O) groups excluding carboxylic acids is 4. The second kappa shape index (κ2) is 19.0. The molecule has 84 heavy (non-hydrogen) atoms. The number of ketones is 4. The zero-order chi connectivity index (χ0) is 56.5. The lowest BCUT2D eigenvalue weighted by Crippen LogP contribution is -2.21. The maximum absolute atomic E-state index is 13.8. The molecule has 0 unspecified atom stereocenters. The van der Waals surface area contributed by atoms with E-state index >= 15 is 0 Å². The number of allylic oxidation sites excluding steroid dienone is 12. The Balaban J connectivity index is 0.824. The van der Waals surface area contributed by atoms with Crippen molar-refractivity contribution < 1.29 is 28.7 Å². The first-order valence-electron chi connectivity index (χ1n) is 28.4. The van der Waals surface area contributed by atoms with E-state index < -0.39 is 0 Å². The van der Waals surface area contributed by atoms with Crippen molar-refractivity contribution in [2.75, 3.05) is 14.2 Å². The third-order valence-electron chi connectivity index (χ3n) is 17.9. The number of methoxy groups -OCH3 is 2. The van der Waals surface area contributed by atoms with E-state index in [2.05, 4.69) is 72.1 Å². The molecule has 16 rings (SSSR count). The van der Waals surface area contributed by atoms with E-state index in [9.17, 15) is 19.2 Å². The highest BCUT2D eigenvalue weighted by atomic mass is 16.5. The lowest BCUT2D eigenvalue weighted by atomic mass is 9.70. The van der Waals surface area contributed by atoms with Gasteiger partial charge in [0.15, 0.2) is 23.1 Å². The van der Waals surface area contributed by atoms with Gasteiger partial charge in [-0.05, 0) is 191 Å². The molecule has 0 saturated heterocycles. The number of hydrogen-bond donors (Lipinski definition) is 0. The van der Waals surface area contributed by atoms with E-state index in [-0.39, 0.29) is 23.1 Å². The normalized spacial score (nSPS) is 16.5. The molecule has 0 radical (unpaired) electrons. The van der Waals surface area contributed by atoms with Crippen molar-refractivity contribution in [1.82, 2.24) is 30.0 Å². The standard InChI is InChI=1S/C72H48N6O6/c1-83-59-37-31-49(65-53(59)29-25-41-15-17-43-23-27-51-55(79)33-35-57(81)67(51)63(43)61(41)65)39-11-19-45(20-12-39)69-71(77(75-73-69)47-7-3-4-8-47)72-70(74-76-78(72)48-9-5-6-10-48)46-21-13-40(14-22-46)50-32-38-60(84-2)54-30-26-42-16-18-44-24-28-52-56(80)34-36-58(82)68(52)64(44)62(42)66(50)54/h3-7,9,11-14,19-24,27-28,31-38H,15-18,25-26,29-30H2,1-2H3. The summed E-state index contributed by atoms with van der Waals surface area (Å²) in [6.07, 6.45) is 23.5. The summed E-state index contributed by atoms with van der Waals surface area (Å²) < 4.78 is 15.7. The second-order valence-corrected chi connectivity index (χ2v) is 22.1. The average molecular weight is 1090 g/mol. The van der Waals surface area contributed by atoms with Crippen LogP contribution >= 0.6 is 0 Å². The van der Waals surface area contributed by atoms with Crippen molar-refractivity contribution in [2.24, 2.45) is 0 Å². The first-order valence-corrected chi connectivity index (χ1v) is 28.4. The van der Waals surface area contributed by atoms with Crippen LogP contribution in [0.4, 0.5) is 0 Å². The number of hydrogen-bond acceptors (Lipinski definition) is 10. The van der Waals surface area contributed by atoms with Crippen LogP contribution in [0.3, 0.4) is 0 Å². The molecule has 0 atom stereocenters. The zero-order valence-electron chi connectivity index (χ0n) is 45.8. The molecule has 2 aromatic heterocycles. The molecule has 8 aliphatic carbocycles. The first-order chi connectivity index (χ1) is 41.2. The second-order valence-electron chi connectivity index (χ2n) is 22.1. The fourth-order valence-corrected chi connectivity index (χ4v) is 14.1. The highest BCUT2D eigenvalue weighted by Gasteiger charge is 2.38. The largest absolute Gasteiger partial charge is 0.496 e. The Bertz CT molecular complexity index is 4460. The molecule has 8 aromatic rings. The molecular weight excluding hydrogens is 1040 g/mol. The van der Waals surface area contributed by atoms with Gasteiger partial charge in [-0.1, -0.05) is 118 Å². The maximum atomic E-state index is 13.8. The van der Waals surface area contributed by atoms with Crippen LogP contribution in [0.5, 0.6) is 11.5 Å². The third kappa shape index (κ3) is 7.34. The van der Waals surface area contributed by atoms with E-state index in [0.717, 1.165) is 152 Å². The number of carbonyl (C=O) groups is 4. The molecule has 6 aromatic carbocycles. The van der Waals surface area contributed by atoms with E-state index in [1.165, 1.54) is 35.5 Å². The zero-order valence-corrected chi connectivity index (χ0v) is 45.8. The van der Waals surface area contributed by atoms with E-state index in [0.29, 0.717) is 56.4 Å². The van der Waals surface area contributed by atoms with Gasteiger partial charge < -0.3 is 9.47 Å². The van der Waals surface area contributed by atoms with Crippen LogP contribution < -0.4 is 9.47 Å². The molecule has 0 aliphatic heterocycles. The number of benzene rings is 6. The van der Waals surface area contributed by atoms with E-state index in [1.807, 2.05) is 72.9 Å². The van der Waals surface area contributed by atoms with Crippen LogP contribution in [0, 0.1) is 0 Å². The number of ether oxygens (including phenoxy) is 2. The Morgan fingerprint density at radius 1 is 0.393 bits per heavy atom. The van der Waals surface area contributed by atoms with Gasteiger partial charge in [-0.15, -0.1) is 10.2 Å². The molecule has 0 spiro atoms. The van der Waals surface area contributed by atoms with Crippen LogP contribution in [-0.4, -0.2) is 67.3 Å². The monoisotopic (exact) mass is 1090 g/mol. The minimum atomic E-state index is -0.161. The van der Waals surface area contributed by atoms with Crippen molar-refractivity contribution >= 4 is 45.7 Å². The van der Waals surface area contributed by atoms with Crippen LogP contribution in [0.15, 0.2) is 180 Å². The number of rotatable bonds is 9. The fraction of sp³-hybridized carbons (Fsp3) is 0.139. The molecule has 402 valence electrons. The van der Waals surface area contributed by atoms with Gasteiger partial charge >= 0.3 is 0 Å². The molecule has 0 saturated carbocycles. The summed E-state index contributed by atoms with van der Waals surface area (Å²) in [7, 11) is 3.40. The molecule has 0 bridgehead atoms. The lowest BCUT2D eigenvalue weighted by Gasteiger charge is -2.33. The Hall–Kier alpha value is -10.6. The summed E-state index contributed by atoms with van der Waals surface area (Å²) in [5, 5.41) is 19.6. The van der Waals surface area contributed by atoms with Crippen LogP contribution in [0.1, 0.15) is 112 Å². The Morgan fingerprint density at radius 3 is 1.19 bits per heavy atom. The fourth-order valence-electron chi connectivity index (χ4n) is 14.1. The number of aryl methyl sites for hydroxylation is 2. The smallest absolute Gasteiger partial charge is 0.187 e. The maximum Gasteiger partial charge on any atom is 0.187 e. The number of nitrogens with zero attached hydrogens (tertiary/aromatic N) is 6. The number of fused-ring (bicyclic) bond motifs is 12. The molecular formula is C72H48N6O6. The van der Waals surface area contributed by atoms with Gasteiger partial charge in [-0.2, -0.15) is 0 Å². The summed E-state index contributed by atoms with van der Waals surface area (Å²) in [6.45, 7) is 0. The topological polar surface area (TPSA) is 148 Å². The molecule has 8 aliphatic rings. The third-order valence-corrected chi connectivity index (χ3v) is 17.9. The van der Waals surface area contributed by atoms with Gasteiger partial charge in [-0.3, -0.25) is 19.2 Å². The summed E-state index contributed by atoms with van der Waals surface area (Å²) in [6, 6.07) is 32.7. The summed E-state index contributed by atoms with van der Waals surface area (Å²) in [5.74, 6) is 0.945. The van der Waals surface area contributed by atoms with Crippen molar-refractivity contribution in [2.45, 2.75) is 51.4 Å². The van der Waals surface area contributed by atoms with Crippen LogP contribution in [0.25, 0.3) is 78.7 Å². The summed E-state index contributed by atoms with van der Waals surface area (Å²) in [4.78, 5) is 54.3. The molecule has 0 fully saturated rings. The predicted octanol–water partition coefficient (Wildman–Crippen LogP) is 13.6. The lowest BCUT2D eigenvalue weighted by molar-refractivity contribution is 0.0994. The van der Waals surface area contributed by atoms with Crippen LogP contribution in [-0.2, 0) is 25.7 Å². The van der Waals surface area contributed by atoms with Gasteiger partial charge in [-0.25, -0.2) is 9.36 Å². The highest BCUT2D eigenvalue weighted by Crippen LogP contribution is 2.53. The van der Waals surface area contributed by atoms with Gasteiger partial charge in [0.2, 0.25) is 0 Å². The molecule has 0 N–H and O–H groups in total. The van der Waals surface area contributed by atoms with Gasteiger partial charge in [0.25, 0.3) is 0 Å². The van der Waals surface area contributed by atoms with Crippen molar-refractivity contribution in [1.29, 1.82) is 0 Å². The quantitative estimate of drug-likeness (QED) is 0.128. The molecule has 0 amide bonds. The summed E-state index contributed by atoms with van der Waals surface area (Å²) >= 11 is 0. The molecule has 2 heterocycles. The molecule has 12 nitrogen and oxygen atoms in total. The van der Waals surface area contributed by atoms with Crippen molar-refractivity contribution in [3.63, 3.8) is 0 Å². The summed E-state index contributed by atoms with van der Waals surface area (Å²) in [5.41, 5.74) is 30.6. The minimum absolute atomic E-state index is 0.154. The Kier molecular flexibility index (Phi) is 11.1. The van der Waals surface area contributed by atoms with Gasteiger partial charge in [0, 0.05) is 44.5 Å². The van der Waals surface area contributed by atoms with Gasteiger partial charge in [0.1, 0.15) is 45.7 Å². The van der Waals surface area contributed by atoms with E-state index in [1.54, 1.807) is 23.6 Å². The highest BCUT2D eigenvalue weighted by molar-refractivity contribution is 6.26. The van der Waals surface area contributed by atoms with Crippen molar-refractivity contribution in [3.8, 4) is 67.7 Å². The SMILES string of the molecule is COc1ccc(-c2ccc(-c3nnn(C4=C=CC=C4)c3-c3c(-c4ccc(-c5ccc(OC)c6c5C5=C(CCc7ccc8c(c75)C(=O)C=CC8=O)CC6)cc4)nnn3C3=C=CC=C3)cc2)c2c1CCC1=C2c2c(ccc3c2C(=O)C=CC3=O)CC1.